The van der Waals surface area contributed by atoms with Gasteiger partial charge < -0.3 is 25.4 Å². The van der Waals surface area contributed by atoms with E-state index in [1.807, 2.05) is 38.1 Å². The van der Waals surface area contributed by atoms with Crippen LogP contribution in [0, 0.1) is 12.3 Å². The number of benzene rings is 2. The van der Waals surface area contributed by atoms with Gasteiger partial charge in [-0.3, -0.25) is 4.79 Å². The number of amides is 1. The van der Waals surface area contributed by atoms with Crippen LogP contribution in [0.25, 0.3) is 0 Å². The van der Waals surface area contributed by atoms with Gasteiger partial charge in [-0.05, 0) is 62.6 Å². The zero-order chi connectivity index (χ0) is 23.2. The molecule has 0 aromatic heterocycles. The summed E-state index contributed by atoms with van der Waals surface area (Å²) in [6, 6.07) is 13.1. The predicted molar refractivity (Wildman–Crippen MR) is 129 cm³/mol. The number of ether oxygens (including phenoxy) is 2. The molecule has 0 bridgehead atoms. The minimum absolute atomic E-state index is 0.00576. The molecule has 1 amide bonds. The van der Waals surface area contributed by atoms with Crippen LogP contribution < -0.4 is 25.4 Å². The number of aliphatic imine (C=N–C) groups is 1. The maximum Gasteiger partial charge on any atom is 0.246 e. The third kappa shape index (κ3) is 8.23. The fraction of sp³-hybridized carbons (Fsp3) is 0.360. The molecule has 0 radical (unpaired) electrons. The van der Waals surface area contributed by atoms with Crippen LogP contribution in [0.2, 0.25) is 0 Å². The molecule has 0 unspecified atom stereocenters. The number of aryl methyl sites for hydroxylation is 1. The van der Waals surface area contributed by atoms with Crippen molar-refractivity contribution in [3.63, 3.8) is 0 Å². The Morgan fingerprint density at radius 1 is 1.12 bits per heavy atom. The summed E-state index contributed by atoms with van der Waals surface area (Å²) in [6.07, 6.45) is 7.17. The van der Waals surface area contributed by atoms with Gasteiger partial charge in [0, 0.05) is 24.3 Å². The van der Waals surface area contributed by atoms with E-state index in [1.165, 1.54) is 5.56 Å². The molecular formula is C25H32N4O3. The van der Waals surface area contributed by atoms with E-state index in [1.54, 1.807) is 25.3 Å². The number of nitrogens with one attached hydrogen (secondary N) is 3. The second-order valence-corrected chi connectivity index (χ2v) is 6.92. The Labute approximate surface area is 190 Å². The monoisotopic (exact) mass is 436 g/mol. The van der Waals surface area contributed by atoms with E-state index < -0.39 is 0 Å². The summed E-state index contributed by atoms with van der Waals surface area (Å²) in [4.78, 5) is 16.6. The van der Waals surface area contributed by atoms with Crippen molar-refractivity contribution in [2.75, 3.05) is 38.7 Å². The van der Waals surface area contributed by atoms with E-state index in [9.17, 15) is 4.79 Å². The van der Waals surface area contributed by atoms with Gasteiger partial charge in [0.25, 0.3) is 0 Å². The summed E-state index contributed by atoms with van der Waals surface area (Å²) in [5.41, 5.74) is 2.54. The summed E-state index contributed by atoms with van der Waals surface area (Å²) < 4.78 is 11.0. The highest BCUT2D eigenvalue weighted by Gasteiger charge is 2.06. The normalized spacial score (nSPS) is 10.8. The number of methoxy groups -OCH3 is 1. The van der Waals surface area contributed by atoms with E-state index in [0.29, 0.717) is 36.9 Å². The molecule has 2 rings (SSSR count). The van der Waals surface area contributed by atoms with Gasteiger partial charge in [-0.2, -0.15) is 0 Å². The number of carbonyl (C=O) groups is 1. The Morgan fingerprint density at radius 3 is 2.69 bits per heavy atom. The predicted octanol–water partition coefficient (Wildman–Crippen LogP) is 3.20. The van der Waals surface area contributed by atoms with Crippen molar-refractivity contribution in [1.29, 1.82) is 0 Å². The fourth-order valence-corrected chi connectivity index (χ4v) is 3.02. The Morgan fingerprint density at radius 2 is 1.97 bits per heavy atom. The van der Waals surface area contributed by atoms with Crippen LogP contribution in [-0.4, -0.2) is 45.2 Å². The van der Waals surface area contributed by atoms with Crippen molar-refractivity contribution in [3.8, 4) is 23.8 Å². The third-order valence-corrected chi connectivity index (χ3v) is 4.50. The summed E-state index contributed by atoms with van der Waals surface area (Å²) in [7, 11) is 1.64. The van der Waals surface area contributed by atoms with Gasteiger partial charge in [-0.15, -0.1) is 6.42 Å². The number of carbonyl (C=O) groups excluding carboxylic acids is 1. The highest BCUT2D eigenvalue weighted by atomic mass is 16.5. The topological polar surface area (TPSA) is 84.0 Å². The van der Waals surface area contributed by atoms with Crippen LogP contribution in [0.3, 0.4) is 0 Å². The molecule has 0 aliphatic heterocycles. The quantitative estimate of drug-likeness (QED) is 0.218. The standard InChI is InChI=1S/C25H32N4O3/c1-5-19-10-8-12-21(16-19)29-24(30)18-28-25(26-6-2)27-15-9-11-20-13-14-22(31-4)23(17-20)32-7-3/h1,8,10,12-14,16-17H,6-7,9,11,15,18H2,2-4H3,(H,29,30)(H2,26,27,28). The van der Waals surface area contributed by atoms with Crippen LogP contribution in [-0.2, 0) is 11.2 Å². The maximum absolute atomic E-state index is 12.2. The minimum atomic E-state index is -0.210. The summed E-state index contributed by atoms with van der Waals surface area (Å²) in [6.45, 7) is 5.95. The van der Waals surface area contributed by atoms with Gasteiger partial charge in [-0.1, -0.05) is 18.1 Å². The molecule has 0 atom stereocenters. The molecule has 3 N–H and O–H groups in total. The molecule has 0 saturated heterocycles. The van der Waals surface area contributed by atoms with Crippen molar-refractivity contribution in [1.82, 2.24) is 10.6 Å². The minimum Gasteiger partial charge on any atom is -0.493 e. The third-order valence-electron chi connectivity index (χ3n) is 4.50. The Balaban J connectivity index is 1.83. The van der Waals surface area contributed by atoms with Gasteiger partial charge in [0.15, 0.2) is 17.5 Å². The average Bonchev–Trinajstić information content (AvgIpc) is 2.80. The molecule has 0 aliphatic carbocycles. The van der Waals surface area contributed by atoms with Gasteiger partial charge in [-0.25, -0.2) is 4.99 Å². The number of rotatable bonds is 11. The number of hydrogen-bond donors (Lipinski definition) is 3. The van der Waals surface area contributed by atoms with Crippen molar-refractivity contribution in [2.45, 2.75) is 26.7 Å². The first-order valence-corrected chi connectivity index (χ1v) is 10.8. The molecule has 0 aliphatic rings. The van der Waals surface area contributed by atoms with Gasteiger partial charge in [0.05, 0.1) is 13.7 Å². The van der Waals surface area contributed by atoms with Gasteiger partial charge in [0.2, 0.25) is 5.91 Å². The van der Waals surface area contributed by atoms with Gasteiger partial charge in [0.1, 0.15) is 6.54 Å². The van der Waals surface area contributed by atoms with E-state index in [4.69, 9.17) is 15.9 Å². The van der Waals surface area contributed by atoms with Crippen LogP contribution in [0.1, 0.15) is 31.4 Å². The molecule has 2 aromatic carbocycles. The lowest BCUT2D eigenvalue weighted by Crippen LogP contribution is -2.38. The lowest BCUT2D eigenvalue weighted by molar-refractivity contribution is -0.114. The Kier molecular flexibility index (Phi) is 10.5. The number of anilines is 1. The van der Waals surface area contributed by atoms with Crippen LogP contribution in [0.5, 0.6) is 11.5 Å². The summed E-state index contributed by atoms with van der Waals surface area (Å²) in [5.74, 6) is 4.44. The van der Waals surface area contributed by atoms with Crippen LogP contribution in [0.4, 0.5) is 5.69 Å². The second-order valence-electron chi connectivity index (χ2n) is 6.92. The fourth-order valence-electron chi connectivity index (χ4n) is 3.02. The molecule has 32 heavy (non-hydrogen) atoms. The van der Waals surface area contributed by atoms with E-state index in [-0.39, 0.29) is 12.5 Å². The molecule has 0 saturated carbocycles. The van der Waals surface area contributed by atoms with Crippen LogP contribution in [0.15, 0.2) is 47.5 Å². The van der Waals surface area contributed by atoms with Crippen molar-refractivity contribution in [2.24, 2.45) is 4.99 Å². The maximum atomic E-state index is 12.2. The molecule has 7 nitrogen and oxygen atoms in total. The lowest BCUT2D eigenvalue weighted by atomic mass is 10.1. The first-order chi connectivity index (χ1) is 15.6. The first kappa shape index (κ1) is 24.6. The molecule has 0 spiro atoms. The average molecular weight is 437 g/mol. The van der Waals surface area contributed by atoms with E-state index in [2.05, 4.69) is 26.9 Å². The number of hydrogen-bond acceptors (Lipinski definition) is 4. The number of terminal acetylenes is 1. The molecule has 170 valence electrons. The van der Waals surface area contributed by atoms with Crippen LogP contribution >= 0.6 is 0 Å². The molecule has 7 heteroatoms. The highest BCUT2D eigenvalue weighted by Crippen LogP contribution is 2.28. The molecule has 2 aromatic rings. The largest absolute Gasteiger partial charge is 0.493 e. The zero-order valence-corrected chi connectivity index (χ0v) is 19.0. The number of nitrogens with zero attached hydrogens (tertiary/aromatic N) is 1. The Bertz CT molecular complexity index is 950. The molecule has 0 heterocycles. The van der Waals surface area contributed by atoms with Crippen molar-refractivity contribution < 1.29 is 14.3 Å². The zero-order valence-electron chi connectivity index (χ0n) is 19.0. The highest BCUT2D eigenvalue weighted by molar-refractivity contribution is 5.94. The second kappa shape index (κ2) is 13.6. The van der Waals surface area contributed by atoms with E-state index in [0.717, 1.165) is 24.3 Å². The molecule has 0 fully saturated rings. The first-order valence-electron chi connectivity index (χ1n) is 10.8. The van der Waals surface area contributed by atoms with Gasteiger partial charge >= 0.3 is 0 Å². The Hall–Kier alpha value is -3.66. The number of guanidine groups is 1. The molecular weight excluding hydrogens is 404 g/mol. The van der Waals surface area contributed by atoms with Crippen molar-refractivity contribution in [3.05, 3.63) is 53.6 Å². The summed E-state index contributed by atoms with van der Waals surface area (Å²) >= 11 is 0. The smallest absolute Gasteiger partial charge is 0.246 e. The lowest BCUT2D eigenvalue weighted by Gasteiger charge is -2.13. The van der Waals surface area contributed by atoms with E-state index >= 15 is 0 Å². The summed E-state index contributed by atoms with van der Waals surface area (Å²) in [5, 5.41) is 9.23. The SMILES string of the molecule is C#Cc1cccc(NC(=O)CN=C(NCC)NCCCc2ccc(OC)c(OCC)c2)c1. The van der Waals surface area contributed by atoms with Crippen molar-refractivity contribution >= 4 is 17.6 Å².